The van der Waals surface area contributed by atoms with Crippen molar-refractivity contribution in [3.63, 3.8) is 0 Å². The number of piperidine rings is 1. The van der Waals surface area contributed by atoms with Crippen molar-refractivity contribution in [1.29, 1.82) is 0 Å². The molecule has 2 aliphatic heterocycles. The molecule has 20 heavy (non-hydrogen) atoms. The predicted octanol–water partition coefficient (Wildman–Crippen LogP) is 2.81. The SMILES string of the molecule is CN1CCC(Nc2cc3c(cc2Cl)C(=O)CCO3)CC1. The first kappa shape index (κ1) is 13.7. The molecule has 1 saturated heterocycles. The molecule has 1 N–H and O–H groups in total. The molecule has 2 aliphatic rings. The van der Waals surface area contributed by atoms with E-state index in [2.05, 4.69) is 17.3 Å². The van der Waals surface area contributed by atoms with E-state index in [0.717, 1.165) is 31.6 Å². The van der Waals surface area contributed by atoms with Crippen molar-refractivity contribution in [1.82, 2.24) is 4.90 Å². The third kappa shape index (κ3) is 2.76. The summed E-state index contributed by atoms with van der Waals surface area (Å²) in [7, 11) is 2.14. The zero-order valence-corrected chi connectivity index (χ0v) is 12.4. The summed E-state index contributed by atoms with van der Waals surface area (Å²) >= 11 is 6.29. The first-order valence-electron chi connectivity index (χ1n) is 7.08. The van der Waals surface area contributed by atoms with Crippen LogP contribution in [0.4, 0.5) is 5.69 Å². The number of nitrogens with zero attached hydrogens (tertiary/aromatic N) is 1. The van der Waals surface area contributed by atoms with Crippen molar-refractivity contribution in [3.8, 4) is 5.75 Å². The number of nitrogens with one attached hydrogen (secondary N) is 1. The molecule has 0 aliphatic carbocycles. The van der Waals surface area contributed by atoms with Gasteiger partial charge in [-0.25, -0.2) is 0 Å². The molecule has 108 valence electrons. The number of hydrogen-bond donors (Lipinski definition) is 1. The van der Waals surface area contributed by atoms with Crippen molar-refractivity contribution in [2.75, 3.05) is 32.1 Å². The van der Waals surface area contributed by atoms with Gasteiger partial charge >= 0.3 is 0 Å². The van der Waals surface area contributed by atoms with Crippen LogP contribution in [0.25, 0.3) is 0 Å². The highest BCUT2D eigenvalue weighted by Gasteiger charge is 2.22. The van der Waals surface area contributed by atoms with E-state index >= 15 is 0 Å². The second kappa shape index (κ2) is 5.62. The lowest BCUT2D eigenvalue weighted by Crippen LogP contribution is -2.36. The molecule has 0 spiro atoms. The van der Waals surface area contributed by atoms with Crippen molar-refractivity contribution >= 4 is 23.1 Å². The summed E-state index contributed by atoms with van der Waals surface area (Å²) in [5.74, 6) is 0.764. The van der Waals surface area contributed by atoms with E-state index in [1.54, 1.807) is 6.07 Å². The zero-order chi connectivity index (χ0) is 14.1. The van der Waals surface area contributed by atoms with Crippen molar-refractivity contribution in [2.24, 2.45) is 0 Å². The number of hydrogen-bond acceptors (Lipinski definition) is 4. The molecule has 0 bridgehead atoms. The van der Waals surface area contributed by atoms with Gasteiger partial charge in [0.15, 0.2) is 5.78 Å². The van der Waals surface area contributed by atoms with Gasteiger partial charge in [-0.15, -0.1) is 0 Å². The van der Waals surface area contributed by atoms with Crippen LogP contribution in [0, 0.1) is 0 Å². The number of likely N-dealkylation sites (tertiary alicyclic amines) is 1. The van der Waals surface area contributed by atoms with E-state index in [1.807, 2.05) is 6.07 Å². The molecule has 5 heteroatoms. The molecule has 0 atom stereocenters. The number of carbonyl (C=O) groups is 1. The molecular weight excluding hydrogens is 276 g/mol. The fourth-order valence-electron chi connectivity index (χ4n) is 2.76. The Hall–Kier alpha value is -1.26. The van der Waals surface area contributed by atoms with Gasteiger partial charge in [0.2, 0.25) is 0 Å². The normalized spacial score (nSPS) is 20.4. The number of fused-ring (bicyclic) bond motifs is 1. The van der Waals surface area contributed by atoms with Crippen LogP contribution < -0.4 is 10.1 Å². The molecule has 0 saturated carbocycles. The Bertz CT molecular complexity index is 525. The Kier molecular flexibility index (Phi) is 3.85. The molecule has 3 rings (SSSR count). The van der Waals surface area contributed by atoms with E-state index < -0.39 is 0 Å². The third-order valence-electron chi connectivity index (χ3n) is 4.03. The first-order chi connectivity index (χ1) is 9.63. The van der Waals surface area contributed by atoms with Gasteiger partial charge in [0, 0.05) is 18.5 Å². The highest BCUT2D eigenvalue weighted by atomic mass is 35.5. The van der Waals surface area contributed by atoms with Gasteiger partial charge in [-0.3, -0.25) is 4.79 Å². The number of halogens is 1. The molecule has 2 heterocycles. The molecule has 4 nitrogen and oxygen atoms in total. The minimum atomic E-state index is 0.110. The van der Waals surface area contributed by atoms with E-state index in [0.29, 0.717) is 35.4 Å². The Morgan fingerprint density at radius 3 is 2.85 bits per heavy atom. The van der Waals surface area contributed by atoms with Crippen molar-refractivity contribution in [3.05, 3.63) is 22.7 Å². The van der Waals surface area contributed by atoms with Crippen LogP contribution >= 0.6 is 11.6 Å². The highest BCUT2D eigenvalue weighted by Crippen LogP contribution is 2.34. The van der Waals surface area contributed by atoms with Crippen molar-refractivity contribution < 1.29 is 9.53 Å². The summed E-state index contributed by atoms with van der Waals surface area (Å²) in [6, 6.07) is 4.03. The average Bonchev–Trinajstić information content (AvgIpc) is 2.43. The highest BCUT2D eigenvalue weighted by molar-refractivity contribution is 6.33. The summed E-state index contributed by atoms with van der Waals surface area (Å²) in [6.45, 7) is 2.64. The van der Waals surface area contributed by atoms with Gasteiger partial charge in [-0.05, 0) is 39.0 Å². The van der Waals surface area contributed by atoms with E-state index in [9.17, 15) is 4.79 Å². The molecule has 1 fully saturated rings. The maximum atomic E-state index is 11.8. The van der Waals surface area contributed by atoms with Crippen molar-refractivity contribution in [2.45, 2.75) is 25.3 Å². The lowest BCUT2D eigenvalue weighted by atomic mass is 10.0. The first-order valence-corrected chi connectivity index (χ1v) is 7.46. The number of carbonyl (C=O) groups excluding carboxylic acids is 1. The zero-order valence-electron chi connectivity index (χ0n) is 11.6. The second-order valence-corrected chi connectivity index (χ2v) is 5.98. The van der Waals surface area contributed by atoms with Gasteiger partial charge in [0.1, 0.15) is 5.75 Å². The largest absolute Gasteiger partial charge is 0.492 e. The van der Waals surface area contributed by atoms with Crippen LogP contribution in [0.2, 0.25) is 5.02 Å². The van der Waals surface area contributed by atoms with E-state index in [-0.39, 0.29) is 5.78 Å². The standard InChI is InChI=1S/C15H19ClN2O2/c1-18-5-2-10(3-6-18)17-13-9-15-11(8-12(13)16)14(19)4-7-20-15/h8-10,17H,2-7H2,1H3. The monoisotopic (exact) mass is 294 g/mol. The van der Waals surface area contributed by atoms with E-state index in [1.165, 1.54) is 0 Å². The van der Waals surface area contributed by atoms with Crippen LogP contribution in [-0.4, -0.2) is 43.5 Å². The maximum absolute atomic E-state index is 11.8. The maximum Gasteiger partial charge on any atom is 0.170 e. The lowest BCUT2D eigenvalue weighted by molar-refractivity contribution is 0.0933. The van der Waals surface area contributed by atoms with Gasteiger partial charge < -0.3 is 15.0 Å². The molecule has 1 aromatic carbocycles. The quantitative estimate of drug-likeness (QED) is 0.911. The van der Waals surface area contributed by atoms with Gasteiger partial charge in [-0.2, -0.15) is 0 Å². The number of Topliss-reactive ketones (excluding diaryl/α,β-unsaturated/α-hetero) is 1. The van der Waals surface area contributed by atoms with Gasteiger partial charge in [-0.1, -0.05) is 11.6 Å². The minimum Gasteiger partial charge on any atom is -0.492 e. The van der Waals surface area contributed by atoms with Crippen LogP contribution in [0.15, 0.2) is 12.1 Å². The fourth-order valence-corrected chi connectivity index (χ4v) is 2.98. The Balaban J connectivity index is 1.78. The predicted molar refractivity (Wildman–Crippen MR) is 80.0 cm³/mol. The Labute approximate surface area is 124 Å². The Morgan fingerprint density at radius 2 is 2.10 bits per heavy atom. The molecular formula is C15H19ClN2O2. The summed E-state index contributed by atoms with van der Waals surface area (Å²) in [4.78, 5) is 14.1. The topological polar surface area (TPSA) is 41.6 Å². The fraction of sp³-hybridized carbons (Fsp3) is 0.533. The number of ether oxygens (including phenoxy) is 1. The Morgan fingerprint density at radius 1 is 1.35 bits per heavy atom. The van der Waals surface area contributed by atoms with Crippen LogP contribution in [0.5, 0.6) is 5.75 Å². The summed E-state index contributed by atoms with van der Waals surface area (Å²) in [5.41, 5.74) is 1.48. The number of rotatable bonds is 2. The molecule has 0 radical (unpaired) electrons. The van der Waals surface area contributed by atoms with Crippen LogP contribution in [0.3, 0.4) is 0 Å². The lowest BCUT2D eigenvalue weighted by Gasteiger charge is -2.30. The molecule has 1 aromatic rings. The summed E-state index contributed by atoms with van der Waals surface area (Å²) in [6.07, 6.45) is 2.64. The molecule has 0 unspecified atom stereocenters. The second-order valence-electron chi connectivity index (χ2n) is 5.57. The van der Waals surface area contributed by atoms with Gasteiger partial charge in [0.25, 0.3) is 0 Å². The number of anilines is 1. The summed E-state index contributed by atoms with van der Waals surface area (Å²) < 4.78 is 5.57. The smallest absolute Gasteiger partial charge is 0.170 e. The molecule has 0 amide bonds. The summed E-state index contributed by atoms with van der Waals surface area (Å²) in [5, 5.41) is 4.08. The third-order valence-corrected chi connectivity index (χ3v) is 4.35. The van der Waals surface area contributed by atoms with Crippen LogP contribution in [-0.2, 0) is 0 Å². The van der Waals surface area contributed by atoms with E-state index in [4.69, 9.17) is 16.3 Å². The number of benzene rings is 1. The van der Waals surface area contributed by atoms with Crippen LogP contribution in [0.1, 0.15) is 29.6 Å². The minimum absolute atomic E-state index is 0.110. The average molecular weight is 295 g/mol. The number of ketones is 1. The molecule has 0 aromatic heterocycles. The van der Waals surface area contributed by atoms with Gasteiger partial charge in [0.05, 0.1) is 22.9 Å².